The van der Waals surface area contributed by atoms with E-state index >= 15 is 0 Å². The molecule has 2 aromatic carbocycles. The Morgan fingerprint density at radius 1 is 1.00 bits per heavy atom. The fourth-order valence-electron chi connectivity index (χ4n) is 1.82. The zero-order chi connectivity index (χ0) is 17.1. The van der Waals surface area contributed by atoms with Gasteiger partial charge in [-0.3, -0.25) is 4.72 Å². The lowest BCUT2D eigenvalue weighted by atomic mass is 10.2. The summed E-state index contributed by atoms with van der Waals surface area (Å²) in [6.07, 6.45) is -4.47. The summed E-state index contributed by atoms with van der Waals surface area (Å²) in [4.78, 5) is -0.0131. The quantitative estimate of drug-likeness (QED) is 0.894. The summed E-state index contributed by atoms with van der Waals surface area (Å²) < 4.78 is 69.2. The molecule has 0 amide bonds. The van der Waals surface area contributed by atoms with Crippen molar-refractivity contribution in [2.45, 2.75) is 18.0 Å². The van der Waals surface area contributed by atoms with Crippen LogP contribution in [0.4, 0.5) is 18.9 Å². The molecule has 4 nitrogen and oxygen atoms in total. The molecule has 0 atom stereocenters. The third-order valence-corrected chi connectivity index (χ3v) is 4.31. The van der Waals surface area contributed by atoms with Gasteiger partial charge in [-0.2, -0.15) is 13.2 Å². The second-order valence-electron chi connectivity index (χ2n) is 4.59. The van der Waals surface area contributed by atoms with E-state index < -0.39 is 21.8 Å². The highest BCUT2D eigenvalue weighted by Gasteiger charge is 2.30. The molecule has 23 heavy (non-hydrogen) atoms. The van der Waals surface area contributed by atoms with Crippen molar-refractivity contribution in [3.05, 3.63) is 54.1 Å². The first-order valence-corrected chi connectivity index (χ1v) is 8.13. The molecular weight excluding hydrogens is 331 g/mol. The van der Waals surface area contributed by atoms with Crippen molar-refractivity contribution in [2.75, 3.05) is 11.3 Å². The van der Waals surface area contributed by atoms with E-state index in [1.807, 2.05) is 0 Å². The van der Waals surface area contributed by atoms with Gasteiger partial charge in [0.1, 0.15) is 5.75 Å². The largest absolute Gasteiger partial charge is 0.494 e. The van der Waals surface area contributed by atoms with Gasteiger partial charge in [0, 0.05) is 5.69 Å². The fourth-order valence-corrected chi connectivity index (χ4v) is 2.88. The van der Waals surface area contributed by atoms with Gasteiger partial charge >= 0.3 is 6.18 Å². The SMILES string of the molecule is CCOc1ccc(S(=O)(=O)Nc2ccc(C(F)(F)F)cc2)cc1. The van der Waals surface area contributed by atoms with Crippen LogP contribution in [0.2, 0.25) is 0 Å². The van der Waals surface area contributed by atoms with Crippen molar-refractivity contribution in [1.29, 1.82) is 0 Å². The molecule has 0 unspecified atom stereocenters. The number of alkyl halides is 3. The first-order valence-electron chi connectivity index (χ1n) is 6.65. The first-order chi connectivity index (χ1) is 10.7. The van der Waals surface area contributed by atoms with Gasteiger partial charge in [0.2, 0.25) is 0 Å². The molecular formula is C15H14F3NO3S. The van der Waals surface area contributed by atoms with Crippen LogP contribution in [-0.2, 0) is 16.2 Å². The Hall–Kier alpha value is -2.22. The van der Waals surface area contributed by atoms with Crippen LogP contribution in [0.1, 0.15) is 12.5 Å². The van der Waals surface area contributed by atoms with Gasteiger partial charge < -0.3 is 4.74 Å². The highest BCUT2D eigenvalue weighted by Crippen LogP contribution is 2.30. The average Bonchev–Trinajstić information content (AvgIpc) is 2.47. The van der Waals surface area contributed by atoms with E-state index in [-0.39, 0.29) is 10.6 Å². The molecule has 0 radical (unpaired) electrons. The third-order valence-electron chi connectivity index (χ3n) is 2.91. The van der Waals surface area contributed by atoms with E-state index in [1.165, 1.54) is 24.3 Å². The summed E-state index contributed by atoms with van der Waals surface area (Å²) >= 11 is 0. The summed E-state index contributed by atoms with van der Waals surface area (Å²) in [5.41, 5.74) is -0.798. The van der Waals surface area contributed by atoms with Gasteiger partial charge in [0.05, 0.1) is 17.1 Å². The number of nitrogens with one attached hydrogen (secondary N) is 1. The van der Waals surface area contributed by atoms with Crippen LogP contribution in [-0.4, -0.2) is 15.0 Å². The molecule has 8 heteroatoms. The summed E-state index contributed by atoms with van der Waals surface area (Å²) in [5, 5.41) is 0. The van der Waals surface area contributed by atoms with Gasteiger partial charge in [-0.15, -0.1) is 0 Å². The molecule has 2 rings (SSSR count). The lowest BCUT2D eigenvalue weighted by Gasteiger charge is -2.11. The van der Waals surface area contributed by atoms with Crippen LogP contribution >= 0.6 is 0 Å². The summed E-state index contributed by atoms with van der Waals surface area (Å²) in [6, 6.07) is 9.49. The monoisotopic (exact) mass is 345 g/mol. The molecule has 2 aromatic rings. The Kier molecular flexibility index (Phi) is 4.84. The van der Waals surface area contributed by atoms with Crippen LogP contribution in [0.3, 0.4) is 0 Å². The second-order valence-corrected chi connectivity index (χ2v) is 6.27. The Morgan fingerprint density at radius 3 is 2.04 bits per heavy atom. The molecule has 124 valence electrons. The molecule has 0 aliphatic carbocycles. The molecule has 0 saturated heterocycles. The number of halogens is 3. The van der Waals surface area contributed by atoms with Crippen molar-refractivity contribution >= 4 is 15.7 Å². The van der Waals surface area contributed by atoms with Crippen molar-refractivity contribution in [3.8, 4) is 5.75 Å². The number of anilines is 1. The van der Waals surface area contributed by atoms with Crippen molar-refractivity contribution < 1.29 is 26.3 Å². The molecule has 0 spiro atoms. The predicted molar refractivity (Wildman–Crippen MR) is 79.9 cm³/mol. The van der Waals surface area contributed by atoms with Crippen LogP contribution in [0.15, 0.2) is 53.4 Å². The number of hydrogen-bond acceptors (Lipinski definition) is 3. The van der Waals surface area contributed by atoms with E-state index in [4.69, 9.17) is 4.74 Å². The van der Waals surface area contributed by atoms with E-state index in [1.54, 1.807) is 6.92 Å². The minimum absolute atomic E-state index is 0.0131. The molecule has 0 aliphatic rings. The molecule has 0 aromatic heterocycles. The Labute approximate surface area is 132 Å². The number of rotatable bonds is 5. The molecule has 0 bridgehead atoms. The highest BCUT2D eigenvalue weighted by atomic mass is 32.2. The van der Waals surface area contributed by atoms with Gasteiger partial charge in [-0.25, -0.2) is 8.42 Å². The Balaban J connectivity index is 2.17. The second kappa shape index (κ2) is 6.49. The number of sulfonamides is 1. The Bertz CT molecular complexity index is 754. The molecule has 0 fully saturated rings. The maximum Gasteiger partial charge on any atom is 0.416 e. The summed E-state index contributed by atoms with van der Waals surface area (Å²) in [7, 11) is -3.88. The van der Waals surface area contributed by atoms with Crippen LogP contribution in [0.5, 0.6) is 5.75 Å². The van der Waals surface area contributed by atoms with E-state index in [0.29, 0.717) is 12.4 Å². The lowest BCUT2D eigenvalue weighted by Crippen LogP contribution is -2.13. The zero-order valence-electron chi connectivity index (χ0n) is 12.1. The number of ether oxygens (including phenoxy) is 1. The van der Waals surface area contributed by atoms with E-state index in [0.717, 1.165) is 24.3 Å². The number of hydrogen-bond donors (Lipinski definition) is 1. The van der Waals surface area contributed by atoms with Crippen LogP contribution in [0.25, 0.3) is 0 Å². The molecule has 1 N–H and O–H groups in total. The van der Waals surface area contributed by atoms with Gasteiger partial charge in [-0.1, -0.05) is 0 Å². The topological polar surface area (TPSA) is 55.4 Å². The number of benzene rings is 2. The maximum atomic E-state index is 12.5. The standard InChI is InChI=1S/C15H14F3NO3S/c1-2-22-13-7-9-14(10-8-13)23(20,21)19-12-5-3-11(4-6-12)15(16,17)18/h3-10,19H,2H2,1H3. The summed E-state index contributed by atoms with van der Waals surface area (Å²) in [6.45, 7) is 2.26. The third kappa shape index (κ3) is 4.38. The molecule has 0 heterocycles. The maximum absolute atomic E-state index is 12.5. The van der Waals surface area contributed by atoms with Crippen molar-refractivity contribution in [2.24, 2.45) is 0 Å². The minimum Gasteiger partial charge on any atom is -0.494 e. The lowest BCUT2D eigenvalue weighted by molar-refractivity contribution is -0.137. The normalized spacial score (nSPS) is 12.0. The minimum atomic E-state index is -4.47. The first kappa shape index (κ1) is 17.1. The van der Waals surface area contributed by atoms with Gasteiger partial charge in [0.15, 0.2) is 0 Å². The van der Waals surface area contributed by atoms with Crippen molar-refractivity contribution in [3.63, 3.8) is 0 Å². The average molecular weight is 345 g/mol. The molecule has 0 aliphatic heterocycles. The zero-order valence-corrected chi connectivity index (χ0v) is 12.9. The van der Waals surface area contributed by atoms with E-state index in [2.05, 4.69) is 4.72 Å². The van der Waals surface area contributed by atoms with Crippen molar-refractivity contribution in [1.82, 2.24) is 0 Å². The van der Waals surface area contributed by atoms with Crippen LogP contribution < -0.4 is 9.46 Å². The molecule has 0 saturated carbocycles. The predicted octanol–water partition coefficient (Wildman–Crippen LogP) is 3.90. The van der Waals surface area contributed by atoms with E-state index in [9.17, 15) is 21.6 Å². The van der Waals surface area contributed by atoms with Gasteiger partial charge in [0.25, 0.3) is 10.0 Å². The highest BCUT2D eigenvalue weighted by molar-refractivity contribution is 7.92. The van der Waals surface area contributed by atoms with Crippen LogP contribution in [0, 0.1) is 0 Å². The smallest absolute Gasteiger partial charge is 0.416 e. The Morgan fingerprint density at radius 2 is 1.57 bits per heavy atom. The summed E-state index contributed by atoms with van der Waals surface area (Å²) in [5.74, 6) is 0.529. The fraction of sp³-hybridized carbons (Fsp3) is 0.200. The van der Waals surface area contributed by atoms with Gasteiger partial charge in [-0.05, 0) is 55.5 Å².